The Morgan fingerprint density at radius 3 is 2.73 bits per heavy atom. The summed E-state index contributed by atoms with van der Waals surface area (Å²) in [6, 6.07) is 8.26. The summed E-state index contributed by atoms with van der Waals surface area (Å²) in [5.41, 5.74) is 2.17. The lowest BCUT2D eigenvalue weighted by molar-refractivity contribution is -0.121. The summed E-state index contributed by atoms with van der Waals surface area (Å²) in [5, 5.41) is 8.59. The van der Waals surface area contributed by atoms with Gasteiger partial charge in [-0.2, -0.15) is 0 Å². The molecular formula is C26H33N5O2. The van der Waals surface area contributed by atoms with Gasteiger partial charge in [-0.3, -0.25) is 4.79 Å². The zero-order valence-corrected chi connectivity index (χ0v) is 19.5. The number of rotatable bonds is 5. The van der Waals surface area contributed by atoms with E-state index in [-0.39, 0.29) is 11.8 Å². The summed E-state index contributed by atoms with van der Waals surface area (Å²) < 4.78 is 7.94. The third-order valence-corrected chi connectivity index (χ3v) is 7.31. The molecule has 0 spiro atoms. The SMILES string of the molecule is Cc1ncc(-c2ccc3cnc(NC(=O)C4CCC(CC5CNCCO5)CC4)cc3c2)n1C. The van der Waals surface area contributed by atoms with Gasteiger partial charge in [-0.25, -0.2) is 9.97 Å². The molecule has 1 atom stereocenters. The summed E-state index contributed by atoms with van der Waals surface area (Å²) >= 11 is 0. The Hall–Kier alpha value is -2.77. The van der Waals surface area contributed by atoms with Crippen LogP contribution in [0.15, 0.2) is 36.7 Å². The van der Waals surface area contributed by atoms with Crippen LogP contribution in [-0.4, -0.2) is 46.2 Å². The van der Waals surface area contributed by atoms with E-state index in [9.17, 15) is 4.79 Å². The third kappa shape index (κ3) is 4.94. The molecule has 1 saturated carbocycles. The molecule has 0 bridgehead atoms. The number of morpholine rings is 1. The van der Waals surface area contributed by atoms with Gasteiger partial charge in [-0.1, -0.05) is 12.1 Å². The van der Waals surface area contributed by atoms with Crippen molar-refractivity contribution in [2.75, 3.05) is 25.0 Å². The van der Waals surface area contributed by atoms with Crippen molar-refractivity contribution < 1.29 is 9.53 Å². The van der Waals surface area contributed by atoms with Gasteiger partial charge < -0.3 is 19.9 Å². The van der Waals surface area contributed by atoms with Crippen molar-refractivity contribution in [2.24, 2.45) is 18.9 Å². The first-order valence-corrected chi connectivity index (χ1v) is 12.1. The maximum Gasteiger partial charge on any atom is 0.228 e. The van der Waals surface area contributed by atoms with Crippen LogP contribution < -0.4 is 10.6 Å². The van der Waals surface area contributed by atoms with Crippen LogP contribution in [0.2, 0.25) is 0 Å². The van der Waals surface area contributed by atoms with Gasteiger partial charge in [0.2, 0.25) is 5.91 Å². The number of ether oxygens (including phenoxy) is 1. The first-order valence-electron chi connectivity index (χ1n) is 12.1. The van der Waals surface area contributed by atoms with E-state index in [1.165, 1.54) is 0 Å². The number of amides is 1. The molecule has 1 unspecified atom stereocenters. The molecule has 33 heavy (non-hydrogen) atoms. The Labute approximate surface area is 195 Å². The molecule has 3 heterocycles. The molecule has 1 saturated heterocycles. The first kappa shape index (κ1) is 22.0. The van der Waals surface area contributed by atoms with Gasteiger partial charge >= 0.3 is 0 Å². The van der Waals surface area contributed by atoms with E-state index in [0.29, 0.717) is 17.8 Å². The molecule has 0 radical (unpaired) electrons. The molecule has 2 aromatic heterocycles. The molecule has 1 amide bonds. The summed E-state index contributed by atoms with van der Waals surface area (Å²) in [5.74, 6) is 2.41. The number of nitrogens with one attached hydrogen (secondary N) is 2. The summed E-state index contributed by atoms with van der Waals surface area (Å²) in [6.07, 6.45) is 9.23. The minimum atomic E-state index is 0.0629. The van der Waals surface area contributed by atoms with Crippen molar-refractivity contribution in [1.82, 2.24) is 19.9 Å². The number of aromatic nitrogens is 3. The van der Waals surface area contributed by atoms with Crippen molar-refractivity contribution in [3.63, 3.8) is 0 Å². The summed E-state index contributed by atoms with van der Waals surface area (Å²) in [6.45, 7) is 4.72. The first-order chi connectivity index (χ1) is 16.1. The smallest absolute Gasteiger partial charge is 0.228 e. The molecule has 1 aliphatic heterocycles. The normalized spacial score (nSPS) is 23.5. The highest BCUT2D eigenvalue weighted by atomic mass is 16.5. The second-order valence-corrected chi connectivity index (χ2v) is 9.52. The number of fused-ring (bicyclic) bond motifs is 1. The zero-order valence-electron chi connectivity index (χ0n) is 19.5. The van der Waals surface area contributed by atoms with E-state index in [1.807, 2.05) is 32.4 Å². The number of carbonyl (C=O) groups excluding carboxylic acids is 1. The number of imidazole rings is 1. The van der Waals surface area contributed by atoms with Crippen molar-refractivity contribution in [2.45, 2.75) is 45.1 Å². The fourth-order valence-electron chi connectivity index (χ4n) is 5.17. The van der Waals surface area contributed by atoms with E-state index in [0.717, 1.165) is 79.7 Å². The number of hydrogen-bond acceptors (Lipinski definition) is 5. The van der Waals surface area contributed by atoms with Gasteiger partial charge in [0.15, 0.2) is 0 Å². The van der Waals surface area contributed by atoms with Crippen LogP contribution in [0.1, 0.15) is 37.9 Å². The number of benzene rings is 1. The van der Waals surface area contributed by atoms with Gasteiger partial charge in [0.1, 0.15) is 11.6 Å². The largest absolute Gasteiger partial charge is 0.376 e. The quantitative estimate of drug-likeness (QED) is 0.616. The van der Waals surface area contributed by atoms with E-state index in [2.05, 4.69) is 43.4 Å². The zero-order chi connectivity index (χ0) is 22.8. The number of pyridine rings is 1. The Balaban J connectivity index is 1.21. The van der Waals surface area contributed by atoms with E-state index < -0.39 is 0 Å². The Morgan fingerprint density at radius 2 is 2.00 bits per heavy atom. The number of carbonyl (C=O) groups is 1. The second kappa shape index (κ2) is 9.61. The minimum absolute atomic E-state index is 0.0629. The molecule has 2 fully saturated rings. The maximum absolute atomic E-state index is 12.9. The van der Waals surface area contributed by atoms with Crippen LogP contribution in [0.4, 0.5) is 5.82 Å². The highest BCUT2D eigenvalue weighted by Crippen LogP contribution is 2.33. The average molecular weight is 448 g/mol. The van der Waals surface area contributed by atoms with E-state index in [1.54, 1.807) is 0 Å². The molecule has 7 nitrogen and oxygen atoms in total. The van der Waals surface area contributed by atoms with Crippen molar-refractivity contribution in [1.29, 1.82) is 0 Å². The topological polar surface area (TPSA) is 81.1 Å². The minimum Gasteiger partial charge on any atom is -0.376 e. The fraction of sp³-hybridized carbons (Fsp3) is 0.500. The van der Waals surface area contributed by atoms with E-state index >= 15 is 0 Å². The lowest BCUT2D eigenvalue weighted by atomic mass is 9.79. The lowest BCUT2D eigenvalue weighted by Gasteiger charge is -2.32. The molecule has 2 N–H and O–H groups in total. The van der Waals surface area contributed by atoms with Crippen LogP contribution in [-0.2, 0) is 16.6 Å². The van der Waals surface area contributed by atoms with Gasteiger partial charge in [0, 0.05) is 43.2 Å². The van der Waals surface area contributed by atoms with Crippen LogP contribution in [0.5, 0.6) is 0 Å². The third-order valence-electron chi connectivity index (χ3n) is 7.31. The van der Waals surface area contributed by atoms with Crippen LogP contribution in [0, 0.1) is 18.8 Å². The number of nitrogens with zero attached hydrogens (tertiary/aromatic N) is 3. The molecule has 1 aliphatic carbocycles. The molecule has 7 heteroatoms. The van der Waals surface area contributed by atoms with Crippen LogP contribution in [0.3, 0.4) is 0 Å². The van der Waals surface area contributed by atoms with E-state index in [4.69, 9.17) is 4.74 Å². The standard InChI is InChI=1S/C26H33N5O2/c1-17-28-16-24(31(17)2)20-7-8-21-14-29-25(13-22(21)12-20)30-26(32)19-5-3-18(4-6-19)11-23-15-27-9-10-33-23/h7-8,12-14,16,18-19,23,27H,3-6,9-11,15H2,1-2H3,(H,29,30,32). The monoisotopic (exact) mass is 447 g/mol. The summed E-state index contributed by atoms with van der Waals surface area (Å²) in [4.78, 5) is 21.8. The molecule has 174 valence electrons. The second-order valence-electron chi connectivity index (χ2n) is 9.52. The van der Waals surface area contributed by atoms with Gasteiger partial charge in [-0.05, 0) is 62.5 Å². The predicted molar refractivity (Wildman–Crippen MR) is 130 cm³/mol. The van der Waals surface area contributed by atoms with Gasteiger partial charge in [0.05, 0.1) is 24.6 Å². The molecular weight excluding hydrogens is 414 g/mol. The average Bonchev–Trinajstić information content (AvgIpc) is 3.18. The fourth-order valence-corrected chi connectivity index (χ4v) is 5.17. The lowest BCUT2D eigenvalue weighted by Crippen LogP contribution is -2.40. The van der Waals surface area contributed by atoms with Gasteiger partial charge in [-0.15, -0.1) is 0 Å². The Morgan fingerprint density at radius 1 is 1.15 bits per heavy atom. The molecule has 1 aromatic carbocycles. The van der Waals surface area contributed by atoms with Crippen LogP contribution >= 0.6 is 0 Å². The number of anilines is 1. The molecule has 5 rings (SSSR count). The number of aryl methyl sites for hydroxylation is 1. The summed E-state index contributed by atoms with van der Waals surface area (Å²) in [7, 11) is 2.02. The number of hydrogen-bond donors (Lipinski definition) is 2. The van der Waals surface area contributed by atoms with Crippen molar-refractivity contribution in [3.8, 4) is 11.3 Å². The highest BCUT2D eigenvalue weighted by Gasteiger charge is 2.28. The van der Waals surface area contributed by atoms with Gasteiger partial charge in [0.25, 0.3) is 0 Å². The Bertz CT molecular complexity index is 1130. The van der Waals surface area contributed by atoms with Crippen LogP contribution in [0.25, 0.3) is 22.0 Å². The maximum atomic E-state index is 12.9. The highest BCUT2D eigenvalue weighted by molar-refractivity contribution is 5.95. The van der Waals surface area contributed by atoms with Crippen molar-refractivity contribution >= 4 is 22.5 Å². The van der Waals surface area contributed by atoms with Crippen molar-refractivity contribution in [3.05, 3.63) is 42.5 Å². The molecule has 2 aliphatic rings. The molecule has 3 aromatic rings. The predicted octanol–water partition coefficient (Wildman–Crippen LogP) is 4.07. The Kier molecular flexibility index (Phi) is 6.42.